The second-order valence-electron chi connectivity index (χ2n) is 7.97. The smallest absolute Gasteiger partial charge is 0.231 e. The Hall–Kier alpha value is -2.69. The highest BCUT2D eigenvalue weighted by Gasteiger charge is 2.61. The first kappa shape index (κ1) is 15.6. The molecule has 1 amide bonds. The Labute approximate surface area is 152 Å². The Morgan fingerprint density at radius 1 is 1.23 bits per heavy atom. The average Bonchev–Trinajstić information content (AvgIpc) is 3.06. The van der Waals surface area contributed by atoms with Crippen LogP contribution in [0.25, 0.3) is 11.0 Å². The van der Waals surface area contributed by atoms with Gasteiger partial charge < -0.3 is 10.3 Å². The van der Waals surface area contributed by atoms with Crippen molar-refractivity contribution in [1.29, 1.82) is 0 Å². The van der Waals surface area contributed by atoms with Crippen molar-refractivity contribution < 1.29 is 4.79 Å². The molecular formula is C21H22N4O. The highest BCUT2D eigenvalue weighted by molar-refractivity contribution is 5.89. The van der Waals surface area contributed by atoms with Crippen LogP contribution in [0.15, 0.2) is 49.1 Å². The molecule has 0 saturated heterocycles. The summed E-state index contributed by atoms with van der Waals surface area (Å²) < 4.78 is 0. The van der Waals surface area contributed by atoms with Gasteiger partial charge in [-0.25, -0.2) is 4.98 Å². The van der Waals surface area contributed by atoms with E-state index in [0.717, 1.165) is 35.0 Å². The van der Waals surface area contributed by atoms with E-state index in [-0.39, 0.29) is 5.91 Å². The van der Waals surface area contributed by atoms with Crippen LogP contribution < -0.4 is 5.32 Å². The lowest BCUT2D eigenvalue weighted by atomic mass is 9.43. The summed E-state index contributed by atoms with van der Waals surface area (Å²) in [7, 11) is 0. The first-order valence-electron chi connectivity index (χ1n) is 9.30. The fraction of sp³-hybridized carbons (Fsp3) is 0.381. The third-order valence-corrected chi connectivity index (χ3v) is 6.35. The topological polar surface area (TPSA) is 70.7 Å². The van der Waals surface area contributed by atoms with Crippen molar-refractivity contribution in [1.82, 2.24) is 20.3 Å². The van der Waals surface area contributed by atoms with Crippen LogP contribution in [0.4, 0.5) is 0 Å². The molecule has 0 aliphatic heterocycles. The Bertz CT molecular complexity index is 950. The summed E-state index contributed by atoms with van der Waals surface area (Å²) in [4.78, 5) is 24.8. The number of amides is 1. The van der Waals surface area contributed by atoms with Crippen LogP contribution in [0.1, 0.15) is 43.2 Å². The van der Waals surface area contributed by atoms with Crippen molar-refractivity contribution in [2.45, 2.75) is 44.1 Å². The highest BCUT2D eigenvalue weighted by atomic mass is 16.2. The number of pyridine rings is 1. The normalized spacial score (nSPS) is 19.7. The predicted octanol–water partition coefficient (Wildman–Crippen LogP) is 3.48. The standard InChI is InChI=1S/C21H22N4O/c26-19(23-10-15-4-5-17-18(9-15)25-14-24-17)21(16-3-1-8-22-11-16)12-20(13-21)6-2-7-20/h1,3-5,8-9,11,14H,2,6-7,10,12-13H2,(H,23,26)(H,24,25). The van der Waals surface area contributed by atoms with E-state index in [4.69, 9.17) is 0 Å². The predicted molar refractivity (Wildman–Crippen MR) is 99.4 cm³/mol. The summed E-state index contributed by atoms with van der Waals surface area (Å²) in [5.74, 6) is 0.132. The van der Waals surface area contributed by atoms with Crippen LogP contribution in [0.2, 0.25) is 0 Å². The zero-order chi connectivity index (χ0) is 17.6. The summed E-state index contributed by atoms with van der Waals surface area (Å²) in [6, 6.07) is 10.0. The van der Waals surface area contributed by atoms with Gasteiger partial charge in [0.15, 0.2) is 0 Å². The van der Waals surface area contributed by atoms with E-state index in [0.29, 0.717) is 12.0 Å². The molecule has 3 aromatic rings. The lowest BCUT2D eigenvalue weighted by molar-refractivity contribution is -0.142. The molecule has 5 rings (SSSR count). The third-order valence-electron chi connectivity index (χ3n) is 6.35. The van der Waals surface area contributed by atoms with Gasteiger partial charge in [-0.05, 0) is 60.4 Å². The van der Waals surface area contributed by atoms with E-state index in [1.165, 1.54) is 19.3 Å². The van der Waals surface area contributed by atoms with Gasteiger partial charge in [-0.3, -0.25) is 9.78 Å². The van der Waals surface area contributed by atoms with Crippen molar-refractivity contribution in [2.75, 3.05) is 0 Å². The van der Waals surface area contributed by atoms with Gasteiger partial charge in [0.1, 0.15) is 0 Å². The Morgan fingerprint density at radius 3 is 2.85 bits per heavy atom. The van der Waals surface area contributed by atoms with E-state index in [1.807, 2.05) is 30.5 Å². The lowest BCUT2D eigenvalue weighted by Crippen LogP contribution is -2.60. The number of hydrogen-bond donors (Lipinski definition) is 2. The van der Waals surface area contributed by atoms with E-state index in [1.54, 1.807) is 12.5 Å². The Kier molecular flexibility index (Phi) is 3.39. The Balaban J connectivity index is 1.36. The van der Waals surface area contributed by atoms with E-state index < -0.39 is 5.41 Å². The fourth-order valence-electron chi connectivity index (χ4n) is 4.84. The van der Waals surface area contributed by atoms with Crippen LogP contribution in [-0.2, 0) is 16.8 Å². The summed E-state index contributed by atoms with van der Waals surface area (Å²) in [5.41, 5.74) is 4.07. The van der Waals surface area contributed by atoms with Gasteiger partial charge in [0.2, 0.25) is 5.91 Å². The van der Waals surface area contributed by atoms with Gasteiger partial charge in [-0.2, -0.15) is 0 Å². The molecule has 2 heterocycles. The molecule has 26 heavy (non-hydrogen) atoms. The van der Waals surface area contributed by atoms with Crippen LogP contribution in [-0.4, -0.2) is 20.9 Å². The SMILES string of the molecule is O=C(NCc1ccc2nc[nH]c2c1)C1(c2cccnc2)CC2(CCC2)C1. The van der Waals surface area contributed by atoms with E-state index in [2.05, 4.69) is 26.3 Å². The molecule has 1 aromatic carbocycles. The molecule has 2 aromatic heterocycles. The monoisotopic (exact) mass is 346 g/mol. The molecule has 2 aliphatic rings. The molecule has 5 heteroatoms. The maximum Gasteiger partial charge on any atom is 0.231 e. The zero-order valence-electron chi connectivity index (χ0n) is 14.7. The summed E-state index contributed by atoms with van der Waals surface area (Å²) in [5, 5.41) is 3.18. The minimum absolute atomic E-state index is 0.132. The average molecular weight is 346 g/mol. The van der Waals surface area contributed by atoms with E-state index >= 15 is 0 Å². The molecule has 1 spiro atoms. The second-order valence-corrected chi connectivity index (χ2v) is 7.97. The van der Waals surface area contributed by atoms with Crippen LogP contribution >= 0.6 is 0 Å². The molecule has 132 valence electrons. The quantitative estimate of drug-likeness (QED) is 0.760. The maximum atomic E-state index is 13.2. The van der Waals surface area contributed by atoms with Crippen LogP contribution in [0.3, 0.4) is 0 Å². The van der Waals surface area contributed by atoms with Crippen molar-refractivity contribution >= 4 is 16.9 Å². The molecule has 5 nitrogen and oxygen atoms in total. The highest BCUT2D eigenvalue weighted by Crippen LogP contribution is 2.64. The number of aromatic amines is 1. The summed E-state index contributed by atoms with van der Waals surface area (Å²) in [6.45, 7) is 0.531. The molecule has 0 unspecified atom stereocenters. The maximum absolute atomic E-state index is 13.2. The molecule has 2 aliphatic carbocycles. The van der Waals surface area contributed by atoms with Gasteiger partial charge in [-0.15, -0.1) is 0 Å². The van der Waals surface area contributed by atoms with Gasteiger partial charge >= 0.3 is 0 Å². The number of nitrogens with one attached hydrogen (secondary N) is 2. The number of fused-ring (bicyclic) bond motifs is 1. The fourth-order valence-corrected chi connectivity index (χ4v) is 4.84. The first-order chi connectivity index (χ1) is 12.7. The molecule has 0 atom stereocenters. The van der Waals surface area contributed by atoms with Gasteiger partial charge in [0.25, 0.3) is 0 Å². The number of imidazole rings is 1. The van der Waals surface area contributed by atoms with Crippen molar-refractivity contribution in [3.63, 3.8) is 0 Å². The first-order valence-corrected chi connectivity index (χ1v) is 9.30. The largest absolute Gasteiger partial charge is 0.351 e. The second kappa shape index (κ2) is 5.66. The summed E-state index contributed by atoms with van der Waals surface area (Å²) in [6.07, 6.45) is 11.1. The number of carbonyl (C=O) groups excluding carboxylic acids is 1. The van der Waals surface area contributed by atoms with Gasteiger partial charge in [0, 0.05) is 18.9 Å². The lowest BCUT2D eigenvalue weighted by Gasteiger charge is -2.60. The number of hydrogen-bond acceptors (Lipinski definition) is 3. The molecular weight excluding hydrogens is 324 g/mol. The number of nitrogens with zero attached hydrogens (tertiary/aromatic N) is 2. The van der Waals surface area contributed by atoms with Crippen LogP contribution in [0, 0.1) is 5.41 Å². The number of carbonyl (C=O) groups is 1. The number of rotatable bonds is 4. The minimum atomic E-state index is -0.410. The molecule has 0 radical (unpaired) electrons. The van der Waals surface area contributed by atoms with E-state index in [9.17, 15) is 4.79 Å². The molecule has 2 N–H and O–H groups in total. The summed E-state index contributed by atoms with van der Waals surface area (Å²) >= 11 is 0. The van der Waals surface area contributed by atoms with Crippen molar-refractivity contribution in [3.05, 3.63) is 60.2 Å². The number of aromatic nitrogens is 3. The number of H-pyrrole nitrogens is 1. The molecule has 2 saturated carbocycles. The third kappa shape index (κ3) is 2.34. The van der Waals surface area contributed by atoms with Gasteiger partial charge in [0.05, 0.1) is 22.8 Å². The van der Waals surface area contributed by atoms with Crippen molar-refractivity contribution in [3.8, 4) is 0 Å². The molecule has 0 bridgehead atoms. The minimum Gasteiger partial charge on any atom is -0.351 e. The number of benzene rings is 1. The zero-order valence-corrected chi connectivity index (χ0v) is 14.7. The molecule has 2 fully saturated rings. The van der Waals surface area contributed by atoms with Crippen molar-refractivity contribution in [2.24, 2.45) is 5.41 Å². The van der Waals surface area contributed by atoms with Crippen LogP contribution in [0.5, 0.6) is 0 Å². The van der Waals surface area contributed by atoms with Gasteiger partial charge in [-0.1, -0.05) is 18.6 Å². The Morgan fingerprint density at radius 2 is 2.12 bits per heavy atom.